The van der Waals surface area contributed by atoms with Gasteiger partial charge in [-0.3, -0.25) is 9.59 Å². The fourth-order valence-electron chi connectivity index (χ4n) is 3.25. The Morgan fingerprint density at radius 3 is 2.28 bits per heavy atom. The second kappa shape index (κ2) is 8.12. The zero-order chi connectivity index (χ0) is 23.0. The van der Waals surface area contributed by atoms with Crippen LogP contribution in [0.2, 0.25) is 5.02 Å². The van der Waals surface area contributed by atoms with Crippen molar-refractivity contribution in [3.8, 4) is 0 Å². The highest BCUT2D eigenvalue weighted by molar-refractivity contribution is 6.40. The van der Waals surface area contributed by atoms with Gasteiger partial charge in [0.05, 0.1) is 33.0 Å². The fourth-order valence-corrected chi connectivity index (χ4v) is 3.46. The molecule has 0 fully saturated rings. The summed E-state index contributed by atoms with van der Waals surface area (Å²) in [6, 6.07) is 15.1. The lowest BCUT2D eigenvalue weighted by atomic mass is 10.1. The SMILES string of the molecule is O=C(OCc1ccccc1)c1ccc2c(c1)C(=O)N(c1cc(C(F)(F)F)ccc1Cl)C2=O. The van der Waals surface area contributed by atoms with Crippen LogP contribution in [0.25, 0.3) is 0 Å². The minimum atomic E-state index is -4.69. The highest BCUT2D eigenvalue weighted by Gasteiger charge is 2.40. The van der Waals surface area contributed by atoms with Crippen LogP contribution in [0.1, 0.15) is 42.2 Å². The summed E-state index contributed by atoms with van der Waals surface area (Å²) in [7, 11) is 0. The van der Waals surface area contributed by atoms with Crippen LogP contribution in [0.15, 0.2) is 66.7 Å². The molecule has 0 unspecified atom stereocenters. The minimum absolute atomic E-state index is 0.00953. The lowest BCUT2D eigenvalue weighted by Crippen LogP contribution is -2.30. The Kier molecular flexibility index (Phi) is 5.48. The molecule has 0 atom stereocenters. The van der Waals surface area contributed by atoms with Crippen molar-refractivity contribution in [2.45, 2.75) is 12.8 Å². The van der Waals surface area contributed by atoms with E-state index < -0.39 is 29.5 Å². The molecule has 0 N–H and O–H groups in total. The topological polar surface area (TPSA) is 63.7 Å². The average Bonchev–Trinajstić information content (AvgIpc) is 3.02. The summed E-state index contributed by atoms with van der Waals surface area (Å²) in [5.74, 6) is -2.44. The van der Waals surface area contributed by atoms with Gasteiger partial charge in [0, 0.05) is 0 Å². The maximum Gasteiger partial charge on any atom is 0.416 e. The van der Waals surface area contributed by atoms with Crippen LogP contribution >= 0.6 is 11.6 Å². The zero-order valence-corrected chi connectivity index (χ0v) is 16.9. The number of ether oxygens (including phenoxy) is 1. The first-order valence-corrected chi connectivity index (χ1v) is 9.65. The summed E-state index contributed by atoms with van der Waals surface area (Å²) in [6.45, 7) is 0.00953. The van der Waals surface area contributed by atoms with Gasteiger partial charge in [0.1, 0.15) is 6.61 Å². The molecule has 3 aromatic rings. The van der Waals surface area contributed by atoms with Crippen LogP contribution in [0.5, 0.6) is 0 Å². The summed E-state index contributed by atoms with van der Waals surface area (Å²) in [6.07, 6.45) is -4.69. The van der Waals surface area contributed by atoms with Crippen LogP contribution < -0.4 is 4.90 Å². The average molecular weight is 460 g/mol. The third-order valence-corrected chi connectivity index (χ3v) is 5.17. The number of fused-ring (bicyclic) bond motifs is 1. The number of benzene rings is 3. The number of imide groups is 1. The van der Waals surface area contributed by atoms with Crippen molar-refractivity contribution >= 4 is 35.1 Å². The normalized spacial score (nSPS) is 13.3. The third kappa shape index (κ3) is 3.97. The molecule has 2 amide bonds. The monoisotopic (exact) mass is 459 g/mol. The summed E-state index contributed by atoms with van der Waals surface area (Å²) in [5, 5.41) is -0.199. The maximum absolute atomic E-state index is 13.1. The first-order valence-electron chi connectivity index (χ1n) is 9.27. The molecule has 0 aliphatic carbocycles. The van der Waals surface area contributed by atoms with Crippen LogP contribution in [0.4, 0.5) is 18.9 Å². The fraction of sp³-hybridized carbons (Fsp3) is 0.0870. The van der Waals surface area contributed by atoms with Gasteiger partial charge >= 0.3 is 12.1 Å². The minimum Gasteiger partial charge on any atom is -0.457 e. The Balaban J connectivity index is 1.62. The molecule has 0 bridgehead atoms. The van der Waals surface area contributed by atoms with Crippen molar-refractivity contribution in [1.29, 1.82) is 0 Å². The van der Waals surface area contributed by atoms with E-state index in [2.05, 4.69) is 0 Å². The van der Waals surface area contributed by atoms with E-state index in [1.807, 2.05) is 6.07 Å². The molecule has 9 heteroatoms. The number of nitrogens with zero attached hydrogens (tertiary/aromatic N) is 1. The van der Waals surface area contributed by atoms with Crippen LogP contribution in [0.3, 0.4) is 0 Å². The molecular weight excluding hydrogens is 447 g/mol. The molecule has 0 saturated carbocycles. The first-order chi connectivity index (χ1) is 15.2. The van der Waals surface area contributed by atoms with E-state index >= 15 is 0 Å². The van der Waals surface area contributed by atoms with Crippen molar-refractivity contribution in [2.24, 2.45) is 0 Å². The second-order valence-corrected chi connectivity index (χ2v) is 7.34. The Labute approximate surface area is 185 Å². The van der Waals surface area contributed by atoms with Crippen molar-refractivity contribution in [3.63, 3.8) is 0 Å². The summed E-state index contributed by atoms with van der Waals surface area (Å²) < 4.78 is 44.5. The van der Waals surface area contributed by atoms with E-state index in [0.29, 0.717) is 11.0 Å². The Hall–Kier alpha value is -3.65. The molecule has 0 aromatic heterocycles. The van der Waals surface area contributed by atoms with E-state index in [-0.39, 0.29) is 34.0 Å². The standard InChI is InChI=1S/C23H13ClF3NO4/c24-18-9-7-15(23(25,26)27)11-19(18)28-20(29)16-8-6-14(10-17(16)21(28)30)22(31)32-12-13-4-2-1-3-5-13/h1-11H,12H2. The van der Waals surface area contributed by atoms with Gasteiger partial charge in [0.2, 0.25) is 0 Å². The van der Waals surface area contributed by atoms with E-state index in [9.17, 15) is 27.6 Å². The lowest BCUT2D eigenvalue weighted by molar-refractivity contribution is -0.137. The zero-order valence-electron chi connectivity index (χ0n) is 16.2. The maximum atomic E-state index is 13.1. The molecule has 5 nitrogen and oxygen atoms in total. The van der Waals surface area contributed by atoms with Gasteiger partial charge < -0.3 is 4.74 Å². The number of hydrogen-bond acceptors (Lipinski definition) is 4. The Morgan fingerprint density at radius 2 is 1.59 bits per heavy atom. The molecule has 0 spiro atoms. The molecule has 1 aliphatic rings. The molecule has 0 saturated heterocycles. The molecule has 1 heterocycles. The molecule has 4 rings (SSSR count). The number of hydrogen-bond donors (Lipinski definition) is 0. The number of anilines is 1. The number of alkyl halides is 3. The van der Waals surface area contributed by atoms with Gasteiger partial charge in [-0.25, -0.2) is 9.69 Å². The van der Waals surface area contributed by atoms with E-state index in [1.165, 1.54) is 18.2 Å². The quantitative estimate of drug-likeness (QED) is 0.381. The summed E-state index contributed by atoms with van der Waals surface area (Å²) >= 11 is 5.99. The first kappa shape index (κ1) is 21.6. The molecule has 32 heavy (non-hydrogen) atoms. The van der Waals surface area contributed by atoms with Gasteiger partial charge in [0.15, 0.2) is 0 Å². The van der Waals surface area contributed by atoms with Crippen molar-refractivity contribution in [3.05, 3.63) is 99.6 Å². The van der Waals surface area contributed by atoms with Gasteiger partial charge in [0.25, 0.3) is 11.8 Å². The number of rotatable bonds is 4. The molecule has 1 aliphatic heterocycles. The molecule has 162 valence electrons. The number of esters is 1. The largest absolute Gasteiger partial charge is 0.457 e. The number of amides is 2. The van der Waals surface area contributed by atoms with Crippen LogP contribution in [0, 0.1) is 0 Å². The second-order valence-electron chi connectivity index (χ2n) is 6.93. The lowest BCUT2D eigenvalue weighted by Gasteiger charge is -2.17. The van der Waals surface area contributed by atoms with Crippen LogP contribution in [-0.4, -0.2) is 17.8 Å². The predicted molar refractivity (Wildman–Crippen MR) is 110 cm³/mol. The van der Waals surface area contributed by atoms with Crippen molar-refractivity contribution in [1.82, 2.24) is 0 Å². The van der Waals surface area contributed by atoms with Crippen LogP contribution in [-0.2, 0) is 17.5 Å². The Morgan fingerprint density at radius 1 is 0.906 bits per heavy atom. The number of carbonyl (C=O) groups excluding carboxylic acids is 3. The number of halogens is 4. The third-order valence-electron chi connectivity index (χ3n) is 4.85. The van der Waals surface area contributed by atoms with E-state index in [1.54, 1.807) is 24.3 Å². The Bertz CT molecular complexity index is 1240. The van der Waals surface area contributed by atoms with E-state index in [4.69, 9.17) is 16.3 Å². The number of carbonyl (C=O) groups is 3. The highest BCUT2D eigenvalue weighted by atomic mass is 35.5. The highest BCUT2D eigenvalue weighted by Crippen LogP contribution is 2.38. The van der Waals surface area contributed by atoms with Crippen molar-refractivity contribution in [2.75, 3.05) is 4.90 Å². The summed E-state index contributed by atoms with van der Waals surface area (Å²) in [5.41, 5.74) is -0.836. The van der Waals surface area contributed by atoms with Crippen molar-refractivity contribution < 1.29 is 32.3 Å². The predicted octanol–water partition coefficient (Wildman–Crippen LogP) is 5.52. The molecule has 3 aromatic carbocycles. The summed E-state index contributed by atoms with van der Waals surface area (Å²) in [4.78, 5) is 38.6. The molecule has 0 radical (unpaired) electrons. The van der Waals surface area contributed by atoms with Gasteiger partial charge in [-0.15, -0.1) is 0 Å². The van der Waals surface area contributed by atoms with E-state index in [0.717, 1.165) is 17.7 Å². The smallest absolute Gasteiger partial charge is 0.416 e. The molecular formula is C23H13ClF3NO4. The van der Waals surface area contributed by atoms with Gasteiger partial charge in [-0.2, -0.15) is 13.2 Å². The van der Waals surface area contributed by atoms with Gasteiger partial charge in [-0.1, -0.05) is 41.9 Å². The van der Waals surface area contributed by atoms with Gasteiger partial charge in [-0.05, 0) is 42.0 Å².